The van der Waals surface area contributed by atoms with Crippen molar-refractivity contribution in [3.8, 4) is 12.3 Å². The van der Waals surface area contributed by atoms with Crippen molar-refractivity contribution in [1.82, 2.24) is 0 Å². The molecule has 1 heterocycles. The first-order valence-corrected chi connectivity index (χ1v) is 12.9. The summed E-state index contributed by atoms with van der Waals surface area (Å²) < 4.78 is 11.3. The van der Waals surface area contributed by atoms with Crippen molar-refractivity contribution in [1.29, 1.82) is 0 Å². The lowest BCUT2D eigenvalue weighted by molar-refractivity contribution is -0.308. The maximum atomic E-state index is 11.4. The van der Waals surface area contributed by atoms with Crippen LogP contribution in [0.15, 0.2) is 0 Å². The fourth-order valence-electron chi connectivity index (χ4n) is 8.54. The molecule has 34 heavy (non-hydrogen) atoms. The molecule has 5 rings (SSSR count). The van der Waals surface area contributed by atoms with Gasteiger partial charge >= 0.3 is 5.97 Å². The standard InChI is InChI=1S/C26H38O8/c1-3-26(32)11-9-18-17-6-4-13-12-14(5-7-15(13)16(17)8-10-25(18,26)2)33-24-21(29)19(27)20(28)22(34-24)23(30)31/h1,13-22,24,27-29,32H,4-12H2,2H3,(H,30,31)/t13-,14+,15-,16+,17+,18-,19-,20-,21+,22-,24?,25-,26-/m0/s1. The lowest BCUT2D eigenvalue weighted by Crippen LogP contribution is -2.61. The van der Waals surface area contributed by atoms with Crippen LogP contribution in [0.4, 0.5) is 0 Å². The molecule has 0 aromatic carbocycles. The average Bonchev–Trinajstić information content (AvgIpc) is 3.10. The third kappa shape index (κ3) is 3.63. The largest absolute Gasteiger partial charge is 0.479 e. The molecule has 5 aliphatic rings. The molecule has 5 N–H and O–H groups in total. The minimum atomic E-state index is -1.71. The summed E-state index contributed by atoms with van der Waals surface area (Å²) in [5.41, 5.74) is -1.19. The van der Waals surface area contributed by atoms with Crippen LogP contribution in [0.1, 0.15) is 64.7 Å². The number of fused-ring (bicyclic) bond motifs is 5. The summed E-state index contributed by atoms with van der Waals surface area (Å²) in [6, 6.07) is 0. The highest BCUT2D eigenvalue weighted by Gasteiger charge is 2.62. The van der Waals surface area contributed by atoms with Crippen molar-refractivity contribution in [2.24, 2.45) is 35.0 Å². The van der Waals surface area contributed by atoms with Crippen molar-refractivity contribution in [2.45, 2.75) is 107 Å². The molecular formula is C26H38O8. The van der Waals surface area contributed by atoms with Gasteiger partial charge in [-0.1, -0.05) is 12.8 Å². The Hall–Kier alpha value is -1.21. The number of aliphatic hydroxyl groups excluding tert-OH is 3. The fourth-order valence-corrected chi connectivity index (χ4v) is 8.54. The second-order valence-corrected chi connectivity index (χ2v) is 11.7. The highest BCUT2D eigenvalue weighted by atomic mass is 16.7. The van der Waals surface area contributed by atoms with Crippen molar-refractivity contribution in [2.75, 3.05) is 0 Å². The van der Waals surface area contributed by atoms with E-state index in [1.54, 1.807) is 0 Å². The highest BCUT2D eigenvalue weighted by Crippen LogP contribution is 2.65. The van der Waals surface area contributed by atoms with Gasteiger partial charge in [0.1, 0.15) is 23.9 Å². The molecule has 0 amide bonds. The first-order valence-electron chi connectivity index (χ1n) is 12.9. The maximum absolute atomic E-state index is 11.4. The Bertz CT molecular complexity index is 841. The van der Waals surface area contributed by atoms with Crippen LogP contribution in [0.3, 0.4) is 0 Å². The summed E-state index contributed by atoms with van der Waals surface area (Å²) in [4.78, 5) is 11.4. The molecule has 0 aromatic rings. The fraction of sp³-hybridized carbons (Fsp3) is 0.885. The van der Waals surface area contributed by atoms with Crippen LogP contribution in [0.2, 0.25) is 0 Å². The van der Waals surface area contributed by atoms with E-state index in [0.717, 1.165) is 51.4 Å². The number of terminal acetylenes is 1. The predicted octanol–water partition coefficient (Wildman–Crippen LogP) is 1.28. The van der Waals surface area contributed by atoms with Crippen molar-refractivity contribution >= 4 is 5.97 Å². The monoisotopic (exact) mass is 478 g/mol. The van der Waals surface area contributed by atoms with Gasteiger partial charge in [0.05, 0.1) is 6.10 Å². The summed E-state index contributed by atoms with van der Waals surface area (Å²) in [5, 5.41) is 50.7. The molecule has 4 aliphatic carbocycles. The summed E-state index contributed by atoms with van der Waals surface area (Å²) in [6.45, 7) is 2.20. The van der Waals surface area contributed by atoms with Gasteiger partial charge in [-0.2, -0.15) is 0 Å². The molecule has 5 fully saturated rings. The van der Waals surface area contributed by atoms with Gasteiger partial charge in [0.2, 0.25) is 0 Å². The van der Waals surface area contributed by atoms with Crippen LogP contribution in [0.25, 0.3) is 0 Å². The lowest BCUT2D eigenvalue weighted by Gasteiger charge is -2.57. The molecule has 0 spiro atoms. The Morgan fingerprint density at radius 3 is 2.41 bits per heavy atom. The molecule has 1 saturated heterocycles. The molecular weight excluding hydrogens is 440 g/mol. The van der Waals surface area contributed by atoms with E-state index >= 15 is 0 Å². The van der Waals surface area contributed by atoms with Crippen LogP contribution in [0, 0.1) is 47.3 Å². The number of carbonyl (C=O) groups is 1. The first kappa shape index (κ1) is 24.5. The van der Waals surface area contributed by atoms with E-state index in [0.29, 0.717) is 36.0 Å². The van der Waals surface area contributed by atoms with Gasteiger partial charge < -0.3 is 35.0 Å². The number of aliphatic carboxylic acids is 1. The second-order valence-electron chi connectivity index (χ2n) is 11.7. The zero-order valence-corrected chi connectivity index (χ0v) is 19.8. The number of carboxylic acids is 1. The average molecular weight is 479 g/mol. The van der Waals surface area contributed by atoms with Crippen LogP contribution < -0.4 is 0 Å². The van der Waals surface area contributed by atoms with Gasteiger partial charge in [-0.3, -0.25) is 0 Å². The minimum absolute atomic E-state index is 0.193. The summed E-state index contributed by atoms with van der Waals surface area (Å²) in [6.07, 6.45) is 6.33. The molecule has 1 aliphatic heterocycles. The van der Waals surface area contributed by atoms with Gasteiger partial charge in [0.25, 0.3) is 0 Å². The molecule has 4 saturated carbocycles. The van der Waals surface area contributed by atoms with E-state index in [4.69, 9.17) is 15.9 Å². The van der Waals surface area contributed by atoms with Gasteiger partial charge in [-0.25, -0.2) is 4.79 Å². The summed E-state index contributed by atoms with van der Waals surface area (Å²) in [5.74, 6) is 4.11. The number of aliphatic hydroxyl groups is 4. The van der Waals surface area contributed by atoms with Gasteiger partial charge in [-0.05, 0) is 87.4 Å². The topological polar surface area (TPSA) is 137 Å². The van der Waals surface area contributed by atoms with Crippen LogP contribution in [0.5, 0.6) is 0 Å². The van der Waals surface area contributed by atoms with E-state index in [9.17, 15) is 30.3 Å². The summed E-state index contributed by atoms with van der Waals surface area (Å²) >= 11 is 0. The van der Waals surface area contributed by atoms with Gasteiger partial charge in [-0.15, -0.1) is 6.42 Å². The predicted molar refractivity (Wildman–Crippen MR) is 120 cm³/mol. The smallest absolute Gasteiger partial charge is 0.335 e. The summed E-state index contributed by atoms with van der Waals surface area (Å²) in [7, 11) is 0. The highest BCUT2D eigenvalue weighted by molar-refractivity contribution is 5.73. The maximum Gasteiger partial charge on any atom is 0.335 e. The van der Waals surface area contributed by atoms with Crippen LogP contribution in [-0.2, 0) is 14.3 Å². The van der Waals surface area contributed by atoms with E-state index in [-0.39, 0.29) is 11.5 Å². The quantitative estimate of drug-likeness (QED) is 0.302. The number of hydrogen-bond acceptors (Lipinski definition) is 7. The van der Waals surface area contributed by atoms with Gasteiger partial charge in [0.15, 0.2) is 12.4 Å². The van der Waals surface area contributed by atoms with E-state index < -0.39 is 42.3 Å². The molecule has 8 nitrogen and oxygen atoms in total. The zero-order chi connectivity index (χ0) is 24.4. The number of carboxylic acid groups (broad SMARTS) is 1. The number of ether oxygens (including phenoxy) is 2. The molecule has 190 valence electrons. The molecule has 13 atom stereocenters. The normalized spacial score (nSPS) is 54.9. The first-order chi connectivity index (χ1) is 16.1. The number of hydrogen-bond donors (Lipinski definition) is 5. The molecule has 8 heteroatoms. The minimum Gasteiger partial charge on any atom is -0.479 e. The van der Waals surface area contributed by atoms with Crippen molar-refractivity contribution in [3.05, 3.63) is 0 Å². The third-order valence-electron chi connectivity index (χ3n) is 10.4. The zero-order valence-electron chi connectivity index (χ0n) is 19.8. The van der Waals surface area contributed by atoms with Crippen LogP contribution in [-0.4, -0.2) is 73.9 Å². The Labute approximate surface area is 200 Å². The molecule has 1 unspecified atom stereocenters. The van der Waals surface area contributed by atoms with Gasteiger partial charge in [0, 0.05) is 5.41 Å². The number of rotatable bonds is 3. The molecule has 0 radical (unpaired) electrons. The molecule has 0 aromatic heterocycles. The Morgan fingerprint density at radius 1 is 0.971 bits per heavy atom. The third-order valence-corrected chi connectivity index (χ3v) is 10.4. The SMILES string of the molecule is C#C[C@]1(O)CC[C@H]2[C@@H]3CC[C@H]4C[C@H](OC5O[C@H](C(=O)O)[C@@H](O)[C@H](O)[C@H]5O)CC[C@@H]4[C@H]3CC[C@@]21C. The van der Waals surface area contributed by atoms with Crippen molar-refractivity contribution in [3.63, 3.8) is 0 Å². The van der Waals surface area contributed by atoms with E-state index in [1.165, 1.54) is 0 Å². The van der Waals surface area contributed by atoms with E-state index in [1.807, 2.05) is 0 Å². The Balaban J connectivity index is 1.23. The molecule has 0 bridgehead atoms. The van der Waals surface area contributed by atoms with Crippen molar-refractivity contribution < 1.29 is 39.8 Å². The Kier molecular flexibility index (Phi) is 6.28. The van der Waals surface area contributed by atoms with E-state index in [2.05, 4.69) is 12.8 Å². The van der Waals surface area contributed by atoms with Crippen LogP contribution >= 0.6 is 0 Å². The lowest BCUT2D eigenvalue weighted by atomic mass is 9.49. The second kappa shape index (κ2) is 8.72. The Morgan fingerprint density at radius 2 is 1.71 bits per heavy atom.